The van der Waals surface area contributed by atoms with Gasteiger partial charge in [0.25, 0.3) is 0 Å². The summed E-state index contributed by atoms with van der Waals surface area (Å²) in [5.41, 5.74) is 8.56. The van der Waals surface area contributed by atoms with E-state index in [9.17, 15) is 0 Å². The average Bonchev–Trinajstić information content (AvgIpc) is 2.55. The van der Waals surface area contributed by atoms with Crippen LogP contribution in [-0.2, 0) is 0 Å². The van der Waals surface area contributed by atoms with Crippen molar-refractivity contribution in [1.82, 2.24) is 4.98 Å². The van der Waals surface area contributed by atoms with Crippen LogP contribution in [0.3, 0.4) is 0 Å². The molecule has 4 nitrogen and oxygen atoms in total. The molecule has 1 heterocycles. The molecule has 22 heavy (non-hydrogen) atoms. The minimum absolute atomic E-state index is 0.0569. The van der Waals surface area contributed by atoms with Gasteiger partial charge < -0.3 is 10.5 Å². The van der Waals surface area contributed by atoms with Crippen molar-refractivity contribution in [3.05, 3.63) is 53.2 Å². The van der Waals surface area contributed by atoms with Crippen LogP contribution in [0.25, 0.3) is 0 Å². The van der Waals surface area contributed by atoms with Gasteiger partial charge in [-0.2, -0.15) is 5.26 Å². The highest BCUT2D eigenvalue weighted by Crippen LogP contribution is 2.38. The van der Waals surface area contributed by atoms with Crippen LogP contribution in [0.4, 0.5) is 5.82 Å². The summed E-state index contributed by atoms with van der Waals surface area (Å²) in [6, 6.07) is 11.9. The predicted molar refractivity (Wildman–Crippen MR) is 91.0 cm³/mol. The van der Waals surface area contributed by atoms with E-state index in [1.54, 1.807) is 11.8 Å². The van der Waals surface area contributed by atoms with Gasteiger partial charge >= 0.3 is 0 Å². The summed E-state index contributed by atoms with van der Waals surface area (Å²) < 4.78 is 5.48. The average molecular weight is 313 g/mol. The number of benzene rings is 1. The molecule has 2 aromatic rings. The summed E-state index contributed by atoms with van der Waals surface area (Å²) in [6.07, 6.45) is 1.50. The number of aromatic nitrogens is 1. The Bertz CT molecular complexity index is 665. The third kappa shape index (κ3) is 3.71. The molecule has 2 N–H and O–H groups in total. The Morgan fingerprint density at radius 2 is 2.05 bits per heavy atom. The SMILES string of the molecule is CCOc1ccc(C(SCC)c2cc(C#N)cnc2N)cc1. The zero-order valence-corrected chi connectivity index (χ0v) is 13.6. The summed E-state index contributed by atoms with van der Waals surface area (Å²) in [4.78, 5) is 4.14. The molecule has 1 atom stereocenters. The molecule has 0 saturated carbocycles. The fourth-order valence-corrected chi connectivity index (χ4v) is 3.25. The molecule has 0 aliphatic carbocycles. The number of hydrogen-bond acceptors (Lipinski definition) is 5. The Balaban J connectivity index is 2.39. The van der Waals surface area contributed by atoms with Crippen LogP contribution in [-0.4, -0.2) is 17.3 Å². The molecule has 1 aromatic carbocycles. The van der Waals surface area contributed by atoms with Gasteiger partial charge in [-0.1, -0.05) is 19.1 Å². The smallest absolute Gasteiger partial charge is 0.128 e. The summed E-state index contributed by atoms with van der Waals surface area (Å²) in [6.45, 7) is 4.71. The lowest BCUT2D eigenvalue weighted by Crippen LogP contribution is -2.05. The van der Waals surface area contributed by atoms with Gasteiger partial charge in [-0.25, -0.2) is 4.98 Å². The Labute approximate surface area is 135 Å². The maximum absolute atomic E-state index is 9.08. The second-order valence-corrected chi connectivity index (χ2v) is 6.03. The van der Waals surface area contributed by atoms with Crippen LogP contribution in [0.15, 0.2) is 36.5 Å². The minimum Gasteiger partial charge on any atom is -0.494 e. The number of hydrogen-bond donors (Lipinski definition) is 1. The van der Waals surface area contributed by atoms with E-state index in [-0.39, 0.29) is 5.25 Å². The van der Waals surface area contributed by atoms with E-state index in [0.717, 1.165) is 22.6 Å². The Morgan fingerprint density at radius 3 is 2.64 bits per heavy atom. The number of rotatable bonds is 6. The number of nitrogens with two attached hydrogens (primary N) is 1. The van der Waals surface area contributed by atoms with Crippen LogP contribution in [0, 0.1) is 11.3 Å². The molecule has 0 amide bonds. The highest BCUT2D eigenvalue weighted by atomic mass is 32.2. The van der Waals surface area contributed by atoms with E-state index in [1.807, 2.05) is 37.3 Å². The van der Waals surface area contributed by atoms with Crippen molar-refractivity contribution in [2.24, 2.45) is 0 Å². The van der Waals surface area contributed by atoms with Crippen molar-refractivity contribution in [3.63, 3.8) is 0 Å². The van der Waals surface area contributed by atoms with Gasteiger partial charge in [0, 0.05) is 11.8 Å². The van der Waals surface area contributed by atoms with Crippen LogP contribution < -0.4 is 10.5 Å². The van der Waals surface area contributed by atoms with E-state index < -0.39 is 0 Å². The Kier molecular flexibility index (Phi) is 5.68. The number of nitrogens with zero attached hydrogens (tertiary/aromatic N) is 2. The molecule has 2 rings (SSSR count). The number of thioether (sulfide) groups is 1. The van der Waals surface area contributed by atoms with Crippen LogP contribution in [0.2, 0.25) is 0 Å². The first-order chi connectivity index (χ1) is 10.7. The molecule has 1 aromatic heterocycles. The van der Waals surface area contributed by atoms with Gasteiger partial charge in [-0.3, -0.25) is 0 Å². The first-order valence-corrected chi connectivity index (χ1v) is 8.24. The molecule has 0 radical (unpaired) electrons. The number of nitriles is 1. The second kappa shape index (κ2) is 7.71. The van der Waals surface area contributed by atoms with Gasteiger partial charge in [0.15, 0.2) is 0 Å². The zero-order chi connectivity index (χ0) is 15.9. The molecular formula is C17H19N3OS. The first kappa shape index (κ1) is 16.2. The monoisotopic (exact) mass is 313 g/mol. The van der Waals surface area contributed by atoms with Gasteiger partial charge in [-0.15, -0.1) is 11.8 Å². The van der Waals surface area contributed by atoms with Crippen molar-refractivity contribution in [3.8, 4) is 11.8 Å². The molecule has 0 saturated heterocycles. The lowest BCUT2D eigenvalue weighted by atomic mass is 10.0. The maximum Gasteiger partial charge on any atom is 0.128 e. The fourth-order valence-electron chi connectivity index (χ4n) is 2.20. The summed E-state index contributed by atoms with van der Waals surface area (Å²) in [7, 11) is 0. The maximum atomic E-state index is 9.08. The van der Waals surface area contributed by atoms with Crippen LogP contribution in [0.1, 0.15) is 35.8 Å². The van der Waals surface area contributed by atoms with E-state index in [2.05, 4.69) is 18.0 Å². The van der Waals surface area contributed by atoms with E-state index >= 15 is 0 Å². The van der Waals surface area contributed by atoms with E-state index in [1.165, 1.54) is 6.20 Å². The normalized spacial score (nSPS) is 11.7. The third-order valence-corrected chi connectivity index (χ3v) is 4.38. The van der Waals surface area contributed by atoms with Crippen molar-refractivity contribution in [2.45, 2.75) is 19.1 Å². The first-order valence-electron chi connectivity index (χ1n) is 7.19. The van der Waals surface area contributed by atoms with Crippen molar-refractivity contribution in [2.75, 3.05) is 18.1 Å². The zero-order valence-electron chi connectivity index (χ0n) is 12.7. The highest BCUT2D eigenvalue weighted by Gasteiger charge is 2.18. The number of ether oxygens (including phenoxy) is 1. The molecule has 5 heteroatoms. The molecule has 1 unspecified atom stereocenters. The highest BCUT2D eigenvalue weighted by molar-refractivity contribution is 7.99. The molecule has 0 bridgehead atoms. The fraction of sp³-hybridized carbons (Fsp3) is 0.294. The minimum atomic E-state index is 0.0569. The van der Waals surface area contributed by atoms with E-state index in [4.69, 9.17) is 15.7 Å². The molecule has 0 aliphatic heterocycles. The van der Waals surface area contributed by atoms with E-state index in [0.29, 0.717) is 18.0 Å². The lowest BCUT2D eigenvalue weighted by molar-refractivity contribution is 0.340. The largest absolute Gasteiger partial charge is 0.494 e. The standard InChI is InChI=1S/C17H19N3OS/c1-3-21-14-7-5-13(6-8-14)16(22-4-2)15-9-12(10-18)11-20-17(15)19/h5-9,11,16H,3-4H2,1-2H3,(H2,19,20). The molecule has 0 aliphatic rings. The molecule has 0 spiro atoms. The van der Waals surface area contributed by atoms with Gasteiger partial charge in [0.2, 0.25) is 0 Å². The van der Waals surface area contributed by atoms with Crippen LogP contribution in [0.5, 0.6) is 5.75 Å². The van der Waals surface area contributed by atoms with Crippen molar-refractivity contribution in [1.29, 1.82) is 5.26 Å². The molecular weight excluding hydrogens is 294 g/mol. The Hall–Kier alpha value is -2.19. The predicted octanol–water partition coefficient (Wildman–Crippen LogP) is 3.78. The topological polar surface area (TPSA) is 71.9 Å². The number of nitrogen functional groups attached to an aromatic ring is 1. The Morgan fingerprint density at radius 1 is 1.32 bits per heavy atom. The van der Waals surface area contributed by atoms with Gasteiger partial charge in [0.1, 0.15) is 17.6 Å². The van der Waals surface area contributed by atoms with Crippen molar-refractivity contribution < 1.29 is 4.74 Å². The summed E-state index contributed by atoms with van der Waals surface area (Å²) >= 11 is 1.76. The number of pyridine rings is 1. The van der Waals surface area contributed by atoms with Crippen LogP contribution >= 0.6 is 11.8 Å². The third-order valence-electron chi connectivity index (χ3n) is 3.19. The number of anilines is 1. The second-order valence-electron chi connectivity index (χ2n) is 4.65. The van der Waals surface area contributed by atoms with Gasteiger partial charge in [-0.05, 0) is 36.4 Å². The quantitative estimate of drug-likeness (QED) is 0.878. The van der Waals surface area contributed by atoms with Gasteiger partial charge in [0.05, 0.1) is 17.4 Å². The summed E-state index contributed by atoms with van der Waals surface area (Å²) in [5, 5.41) is 9.13. The molecule has 114 valence electrons. The van der Waals surface area contributed by atoms with Crippen molar-refractivity contribution >= 4 is 17.6 Å². The summed E-state index contributed by atoms with van der Waals surface area (Å²) in [5.74, 6) is 2.26. The lowest BCUT2D eigenvalue weighted by Gasteiger charge is -2.18. The molecule has 0 fully saturated rings.